The number of aromatic nitrogens is 1. The monoisotopic (exact) mass is 468 g/mol. The van der Waals surface area contributed by atoms with Crippen molar-refractivity contribution in [2.45, 2.75) is 12.0 Å². The summed E-state index contributed by atoms with van der Waals surface area (Å²) in [6, 6.07) is 11.0. The van der Waals surface area contributed by atoms with Gasteiger partial charge in [-0.3, -0.25) is 4.79 Å². The van der Waals surface area contributed by atoms with E-state index in [1.807, 2.05) is 0 Å². The van der Waals surface area contributed by atoms with Crippen LogP contribution in [0.1, 0.15) is 28.0 Å². The van der Waals surface area contributed by atoms with Gasteiger partial charge in [0.15, 0.2) is 11.6 Å². The van der Waals surface area contributed by atoms with Gasteiger partial charge in [-0.1, -0.05) is 11.6 Å². The first-order valence-electron chi connectivity index (χ1n) is 10.0. The van der Waals surface area contributed by atoms with Crippen molar-refractivity contribution in [2.75, 3.05) is 19.0 Å². The maximum absolute atomic E-state index is 14.9. The van der Waals surface area contributed by atoms with E-state index in [0.29, 0.717) is 39.8 Å². The molecule has 3 heterocycles. The molecule has 8 nitrogen and oxygen atoms in total. The van der Waals surface area contributed by atoms with E-state index >= 15 is 0 Å². The van der Waals surface area contributed by atoms with E-state index in [2.05, 4.69) is 15.3 Å². The Morgan fingerprint density at radius 1 is 1.24 bits per heavy atom. The lowest BCUT2D eigenvalue weighted by atomic mass is 9.77. The van der Waals surface area contributed by atoms with E-state index in [4.69, 9.17) is 31.5 Å². The molecular formula is C23H18ClFN4O4. The molecule has 3 N–H and O–H groups in total. The largest absolute Gasteiger partial charge is 0.497 e. The number of rotatable bonds is 3. The van der Waals surface area contributed by atoms with Gasteiger partial charge in [0, 0.05) is 35.5 Å². The van der Waals surface area contributed by atoms with Crippen molar-refractivity contribution in [2.24, 2.45) is 10.7 Å². The fourth-order valence-corrected chi connectivity index (χ4v) is 4.16. The van der Waals surface area contributed by atoms with Crippen molar-refractivity contribution in [3.63, 3.8) is 0 Å². The fourth-order valence-electron chi connectivity index (χ4n) is 4.05. The number of ether oxygens (including phenoxy) is 3. The summed E-state index contributed by atoms with van der Waals surface area (Å²) in [7, 11) is 1.45. The number of nitrogens with two attached hydrogens (primary N) is 1. The normalized spacial score (nSPS) is 18.3. The minimum absolute atomic E-state index is 0.0249. The Balaban J connectivity index is 1.61. The zero-order valence-corrected chi connectivity index (χ0v) is 18.1. The Labute approximate surface area is 193 Å². The van der Waals surface area contributed by atoms with Gasteiger partial charge in [0.25, 0.3) is 11.9 Å². The molecule has 2 aliphatic rings. The number of carbonyl (C=O) groups excluding carboxylic acids is 1. The number of fused-ring (bicyclic) bond motifs is 4. The number of pyridine rings is 1. The van der Waals surface area contributed by atoms with Gasteiger partial charge in [-0.2, -0.15) is 0 Å². The highest BCUT2D eigenvalue weighted by atomic mass is 35.5. The van der Waals surface area contributed by atoms with E-state index in [0.717, 1.165) is 0 Å². The molecule has 168 valence electrons. The number of amides is 1. The Kier molecular flexibility index (Phi) is 5.05. The number of hydrogen-bond donors (Lipinski definition) is 2. The molecule has 5 rings (SSSR count). The van der Waals surface area contributed by atoms with E-state index < -0.39 is 17.3 Å². The highest BCUT2D eigenvalue weighted by Crippen LogP contribution is 2.54. The van der Waals surface area contributed by atoms with Crippen LogP contribution in [-0.2, 0) is 10.3 Å². The number of hydrogen-bond acceptors (Lipinski definition) is 7. The Morgan fingerprint density at radius 3 is 2.82 bits per heavy atom. The molecule has 0 saturated carbocycles. The van der Waals surface area contributed by atoms with Crippen molar-refractivity contribution in [1.29, 1.82) is 0 Å². The second-order valence-electron chi connectivity index (χ2n) is 7.52. The first kappa shape index (κ1) is 21.0. The van der Waals surface area contributed by atoms with Crippen LogP contribution in [0.25, 0.3) is 0 Å². The predicted molar refractivity (Wildman–Crippen MR) is 120 cm³/mol. The lowest BCUT2D eigenvalue weighted by Crippen LogP contribution is -2.38. The SMILES string of the molecule is COc1cc(F)c2c(c1)[C@]1(CCOC(N)=N1)c1cc(NC(=O)c3ccc(Cl)cn3)ccc1O2. The molecule has 1 aromatic heterocycles. The van der Waals surface area contributed by atoms with Crippen LogP contribution in [0.3, 0.4) is 0 Å². The lowest BCUT2D eigenvalue weighted by Gasteiger charge is -2.39. The van der Waals surface area contributed by atoms with E-state index in [1.165, 1.54) is 25.4 Å². The summed E-state index contributed by atoms with van der Waals surface area (Å²) in [6.07, 6.45) is 1.77. The standard InChI is InChI=1S/C23H18ClFN4O4/c1-31-14-9-16-20(17(25)10-14)33-19-5-3-13(28-21(30)18-4-2-12(24)11-27-18)8-15(19)23(16)6-7-32-22(26)29-23/h2-5,8-11H,6-7H2,1H3,(H2,26,29)(H,28,30)/t23-/m0/s1. The molecular weight excluding hydrogens is 451 g/mol. The van der Waals surface area contributed by atoms with Crippen LogP contribution >= 0.6 is 11.6 Å². The van der Waals surface area contributed by atoms with E-state index in [9.17, 15) is 9.18 Å². The maximum atomic E-state index is 14.9. The van der Waals surface area contributed by atoms with Gasteiger partial charge >= 0.3 is 0 Å². The summed E-state index contributed by atoms with van der Waals surface area (Å²) in [5.74, 6) is -0.242. The van der Waals surface area contributed by atoms with Crippen LogP contribution in [0.15, 0.2) is 53.7 Å². The van der Waals surface area contributed by atoms with E-state index in [1.54, 1.807) is 30.3 Å². The molecule has 2 aromatic carbocycles. The number of benzene rings is 2. The first-order chi connectivity index (χ1) is 15.9. The number of nitrogens with one attached hydrogen (secondary N) is 1. The summed E-state index contributed by atoms with van der Waals surface area (Å²) >= 11 is 5.85. The van der Waals surface area contributed by atoms with Crippen molar-refractivity contribution in [1.82, 2.24) is 4.98 Å². The zero-order valence-electron chi connectivity index (χ0n) is 17.4. The van der Waals surface area contributed by atoms with Crippen molar-refractivity contribution < 1.29 is 23.4 Å². The number of nitrogens with zero attached hydrogens (tertiary/aromatic N) is 2. The molecule has 33 heavy (non-hydrogen) atoms. The van der Waals surface area contributed by atoms with Crippen LogP contribution in [0.2, 0.25) is 5.02 Å². The fraction of sp³-hybridized carbons (Fsp3) is 0.174. The topological polar surface area (TPSA) is 108 Å². The number of aliphatic imine (C=N–C) groups is 1. The summed E-state index contributed by atoms with van der Waals surface area (Å²) in [4.78, 5) is 21.3. The third kappa shape index (κ3) is 3.60. The summed E-state index contributed by atoms with van der Waals surface area (Å²) < 4.78 is 31.5. The van der Waals surface area contributed by atoms with Gasteiger partial charge in [0.2, 0.25) is 0 Å². The average molecular weight is 469 g/mol. The molecule has 0 radical (unpaired) electrons. The maximum Gasteiger partial charge on any atom is 0.283 e. The quantitative estimate of drug-likeness (QED) is 0.596. The summed E-state index contributed by atoms with van der Waals surface area (Å²) in [5.41, 5.74) is 6.61. The molecule has 0 saturated heterocycles. The molecule has 0 fully saturated rings. The zero-order chi connectivity index (χ0) is 23.2. The molecule has 0 bridgehead atoms. The number of amidine groups is 1. The second kappa shape index (κ2) is 7.93. The molecule has 0 unspecified atom stereocenters. The number of methoxy groups -OCH3 is 1. The van der Waals surface area contributed by atoms with Crippen LogP contribution in [-0.4, -0.2) is 30.6 Å². The second-order valence-corrected chi connectivity index (χ2v) is 7.96. The highest BCUT2D eigenvalue weighted by Gasteiger charge is 2.46. The Morgan fingerprint density at radius 2 is 2.09 bits per heavy atom. The molecule has 1 spiro atoms. The van der Waals surface area contributed by atoms with Gasteiger partial charge < -0.3 is 25.3 Å². The molecule has 2 aliphatic heterocycles. The average Bonchev–Trinajstić information content (AvgIpc) is 2.80. The van der Waals surface area contributed by atoms with Crippen LogP contribution in [0, 0.1) is 5.82 Å². The minimum Gasteiger partial charge on any atom is -0.497 e. The van der Waals surface area contributed by atoms with Crippen LogP contribution in [0.4, 0.5) is 10.1 Å². The van der Waals surface area contributed by atoms with Gasteiger partial charge in [-0.25, -0.2) is 14.4 Å². The van der Waals surface area contributed by atoms with Crippen LogP contribution < -0.4 is 20.5 Å². The van der Waals surface area contributed by atoms with Crippen LogP contribution in [0.5, 0.6) is 17.2 Å². The van der Waals surface area contributed by atoms with Crippen molar-refractivity contribution in [3.8, 4) is 17.2 Å². The third-order valence-corrected chi connectivity index (χ3v) is 5.79. The van der Waals surface area contributed by atoms with Gasteiger partial charge in [0.05, 0.1) is 18.7 Å². The van der Waals surface area contributed by atoms with Crippen molar-refractivity contribution in [3.05, 3.63) is 76.3 Å². The van der Waals surface area contributed by atoms with Crippen molar-refractivity contribution >= 4 is 29.2 Å². The highest BCUT2D eigenvalue weighted by molar-refractivity contribution is 6.30. The first-order valence-corrected chi connectivity index (χ1v) is 10.4. The molecule has 3 aromatic rings. The van der Waals surface area contributed by atoms with Gasteiger partial charge in [-0.15, -0.1) is 0 Å². The molecule has 0 aliphatic carbocycles. The Hall–Kier alpha value is -3.85. The lowest BCUT2D eigenvalue weighted by molar-refractivity contribution is 0.102. The minimum atomic E-state index is -1.08. The number of carbonyl (C=O) groups is 1. The molecule has 1 amide bonds. The predicted octanol–water partition coefficient (Wildman–Crippen LogP) is 4.22. The smallest absolute Gasteiger partial charge is 0.283 e. The molecule has 1 atom stereocenters. The number of anilines is 1. The Bertz CT molecular complexity index is 1300. The summed E-state index contributed by atoms with van der Waals surface area (Å²) in [6.45, 7) is 0.262. The molecule has 10 heteroatoms. The summed E-state index contributed by atoms with van der Waals surface area (Å²) in [5, 5.41) is 3.24. The van der Waals surface area contributed by atoms with E-state index in [-0.39, 0.29) is 24.1 Å². The van der Waals surface area contributed by atoms with Gasteiger partial charge in [0.1, 0.15) is 22.7 Å². The van der Waals surface area contributed by atoms with Gasteiger partial charge in [-0.05, 0) is 36.4 Å². The number of halogens is 2. The third-order valence-electron chi connectivity index (χ3n) is 5.57.